The molecular formula is C13H16N2. The van der Waals surface area contributed by atoms with Crippen LogP contribution < -0.4 is 5.32 Å². The topological polar surface area (TPSA) is 35.8 Å². The summed E-state index contributed by atoms with van der Waals surface area (Å²) in [6.07, 6.45) is 4.98. The molecule has 0 spiro atoms. The maximum Gasteiger partial charge on any atom is 0.101 e. The zero-order valence-electron chi connectivity index (χ0n) is 9.09. The van der Waals surface area contributed by atoms with E-state index in [9.17, 15) is 0 Å². The Morgan fingerprint density at radius 1 is 1.27 bits per heavy atom. The van der Waals surface area contributed by atoms with Crippen molar-refractivity contribution in [3.05, 3.63) is 29.8 Å². The van der Waals surface area contributed by atoms with Crippen LogP contribution in [0.5, 0.6) is 0 Å². The fraction of sp³-hybridized carbons (Fsp3) is 0.462. The van der Waals surface area contributed by atoms with E-state index in [1.165, 1.54) is 25.7 Å². The van der Waals surface area contributed by atoms with Gasteiger partial charge in [0.2, 0.25) is 0 Å². The normalized spacial score (nSPS) is 18.4. The molecule has 0 atom stereocenters. The third-order valence-electron chi connectivity index (χ3n) is 3.19. The Bertz CT molecular complexity index is 384. The lowest BCUT2D eigenvalue weighted by molar-refractivity contribution is 0.533. The van der Waals surface area contributed by atoms with Crippen molar-refractivity contribution in [2.75, 3.05) is 5.32 Å². The maximum absolute atomic E-state index is 8.99. The molecule has 1 aliphatic rings. The summed E-state index contributed by atoms with van der Waals surface area (Å²) in [4.78, 5) is 0. The first-order valence-electron chi connectivity index (χ1n) is 5.51. The van der Waals surface area contributed by atoms with E-state index in [4.69, 9.17) is 5.26 Å². The van der Waals surface area contributed by atoms with Gasteiger partial charge in [0.15, 0.2) is 0 Å². The van der Waals surface area contributed by atoms with Crippen LogP contribution in [0.25, 0.3) is 0 Å². The Labute approximate surface area is 90.9 Å². The minimum absolute atomic E-state index is 0.187. The average molecular weight is 200 g/mol. The fourth-order valence-electron chi connectivity index (χ4n) is 2.30. The van der Waals surface area contributed by atoms with Crippen molar-refractivity contribution in [3.63, 3.8) is 0 Å². The molecule has 15 heavy (non-hydrogen) atoms. The molecule has 0 aliphatic heterocycles. The molecule has 1 saturated carbocycles. The molecule has 1 N–H and O–H groups in total. The van der Waals surface area contributed by atoms with E-state index in [-0.39, 0.29) is 5.54 Å². The van der Waals surface area contributed by atoms with E-state index in [1.54, 1.807) is 0 Å². The Balaban J connectivity index is 2.20. The van der Waals surface area contributed by atoms with Crippen LogP contribution in [0.2, 0.25) is 0 Å². The molecule has 2 nitrogen and oxygen atoms in total. The predicted octanol–water partition coefficient (Wildman–Crippen LogP) is 3.30. The first-order chi connectivity index (χ1) is 7.23. The van der Waals surface area contributed by atoms with Crippen LogP contribution in [0.1, 0.15) is 38.2 Å². The average Bonchev–Trinajstić information content (AvgIpc) is 2.66. The number of nitriles is 1. The van der Waals surface area contributed by atoms with Gasteiger partial charge in [-0.25, -0.2) is 0 Å². The summed E-state index contributed by atoms with van der Waals surface area (Å²) in [7, 11) is 0. The Morgan fingerprint density at radius 3 is 2.60 bits per heavy atom. The van der Waals surface area contributed by atoms with Crippen molar-refractivity contribution in [3.8, 4) is 6.07 Å². The monoisotopic (exact) mass is 200 g/mol. The highest BCUT2D eigenvalue weighted by atomic mass is 15.0. The van der Waals surface area contributed by atoms with Gasteiger partial charge < -0.3 is 5.32 Å². The third kappa shape index (κ3) is 2.12. The summed E-state index contributed by atoms with van der Waals surface area (Å²) in [6.45, 7) is 2.24. The predicted molar refractivity (Wildman–Crippen MR) is 61.7 cm³/mol. The third-order valence-corrected chi connectivity index (χ3v) is 3.19. The molecule has 2 heteroatoms. The molecule has 1 aliphatic carbocycles. The second kappa shape index (κ2) is 3.94. The molecule has 0 aromatic heterocycles. The molecule has 1 fully saturated rings. The van der Waals surface area contributed by atoms with Crippen LogP contribution in [0.4, 0.5) is 5.69 Å². The molecule has 0 saturated heterocycles. The van der Waals surface area contributed by atoms with Crippen LogP contribution in [0.3, 0.4) is 0 Å². The van der Waals surface area contributed by atoms with Crippen molar-refractivity contribution < 1.29 is 0 Å². The van der Waals surface area contributed by atoms with Gasteiger partial charge in [-0.1, -0.05) is 25.0 Å². The number of nitrogens with one attached hydrogen (secondary N) is 1. The van der Waals surface area contributed by atoms with Crippen molar-refractivity contribution in [2.45, 2.75) is 38.1 Å². The van der Waals surface area contributed by atoms with E-state index in [2.05, 4.69) is 18.3 Å². The Hall–Kier alpha value is -1.49. The lowest BCUT2D eigenvalue weighted by Crippen LogP contribution is -2.31. The summed E-state index contributed by atoms with van der Waals surface area (Å²) in [6, 6.07) is 9.95. The number of benzene rings is 1. The van der Waals surface area contributed by atoms with E-state index >= 15 is 0 Å². The van der Waals surface area contributed by atoms with Crippen LogP contribution >= 0.6 is 0 Å². The van der Waals surface area contributed by atoms with Crippen LogP contribution in [0, 0.1) is 11.3 Å². The van der Waals surface area contributed by atoms with E-state index in [1.807, 2.05) is 24.3 Å². The SMILES string of the molecule is CC1(Nc2ccccc2C#N)CCCC1. The molecule has 0 unspecified atom stereocenters. The Morgan fingerprint density at radius 2 is 1.93 bits per heavy atom. The smallest absolute Gasteiger partial charge is 0.101 e. The number of hydrogen-bond donors (Lipinski definition) is 1. The molecule has 2 rings (SSSR count). The number of anilines is 1. The molecule has 0 amide bonds. The van der Waals surface area contributed by atoms with E-state index in [0.717, 1.165) is 11.3 Å². The van der Waals surface area contributed by atoms with Crippen LogP contribution in [-0.2, 0) is 0 Å². The quantitative estimate of drug-likeness (QED) is 0.795. The zero-order valence-corrected chi connectivity index (χ0v) is 9.09. The molecule has 1 aromatic rings. The summed E-state index contributed by atoms with van der Waals surface area (Å²) in [5.74, 6) is 0. The van der Waals surface area contributed by atoms with Gasteiger partial charge in [0, 0.05) is 5.54 Å². The second-order valence-corrected chi connectivity index (χ2v) is 4.55. The highest BCUT2D eigenvalue weighted by molar-refractivity contribution is 5.58. The summed E-state index contributed by atoms with van der Waals surface area (Å²) in [5.41, 5.74) is 1.91. The van der Waals surface area contributed by atoms with Crippen LogP contribution in [-0.4, -0.2) is 5.54 Å². The molecular weight excluding hydrogens is 184 g/mol. The number of para-hydroxylation sites is 1. The standard InChI is InChI=1S/C13H16N2/c1-13(8-4-5-9-13)15-12-7-3-2-6-11(12)10-14/h2-3,6-7,15H,4-5,8-9H2,1H3. The molecule has 1 aromatic carbocycles. The lowest BCUT2D eigenvalue weighted by atomic mass is 9.99. The molecule has 0 radical (unpaired) electrons. The van der Waals surface area contributed by atoms with Gasteiger partial charge in [-0.3, -0.25) is 0 Å². The fourth-order valence-corrected chi connectivity index (χ4v) is 2.30. The number of rotatable bonds is 2. The summed E-state index contributed by atoms with van der Waals surface area (Å²) in [5, 5.41) is 12.5. The lowest BCUT2D eigenvalue weighted by Gasteiger charge is -2.27. The van der Waals surface area contributed by atoms with Crippen molar-refractivity contribution in [1.82, 2.24) is 0 Å². The van der Waals surface area contributed by atoms with Gasteiger partial charge in [0.1, 0.15) is 6.07 Å². The van der Waals surface area contributed by atoms with Crippen molar-refractivity contribution in [1.29, 1.82) is 5.26 Å². The zero-order chi connectivity index (χ0) is 10.7. The van der Waals surface area contributed by atoms with Gasteiger partial charge in [-0.15, -0.1) is 0 Å². The number of nitrogens with zero attached hydrogens (tertiary/aromatic N) is 1. The summed E-state index contributed by atoms with van der Waals surface area (Å²) >= 11 is 0. The van der Waals surface area contributed by atoms with E-state index in [0.29, 0.717) is 0 Å². The molecule has 78 valence electrons. The second-order valence-electron chi connectivity index (χ2n) is 4.55. The van der Waals surface area contributed by atoms with Gasteiger partial charge in [-0.2, -0.15) is 5.26 Å². The highest BCUT2D eigenvalue weighted by Gasteiger charge is 2.28. The highest BCUT2D eigenvalue weighted by Crippen LogP contribution is 2.33. The van der Waals surface area contributed by atoms with Gasteiger partial charge in [0.05, 0.1) is 11.3 Å². The minimum Gasteiger partial charge on any atom is -0.379 e. The van der Waals surface area contributed by atoms with Crippen molar-refractivity contribution in [2.24, 2.45) is 0 Å². The maximum atomic E-state index is 8.99. The minimum atomic E-state index is 0.187. The van der Waals surface area contributed by atoms with Crippen LogP contribution in [0.15, 0.2) is 24.3 Å². The van der Waals surface area contributed by atoms with Crippen molar-refractivity contribution >= 4 is 5.69 Å². The first kappa shape index (κ1) is 10.0. The number of hydrogen-bond acceptors (Lipinski definition) is 2. The largest absolute Gasteiger partial charge is 0.379 e. The van der Waals surface area contributed by atoms with Gasteiger partial charge in [0.25, 0.3) is 0 Å². The summed E-state index contributed by atoms with van der Waals surface area (Å²) < 4.78 is 0. The Kier molecular flexibility index (Phi) is 2.64. The van der Waals surface area contributed by atoms with Gasteiger partial charge >= 0.3 is 0 Å². The van der Waals surface area contributed by atoms with E-state index < -0.39 is 0 Å². The molecule has 0 bridgehead atoms. The molecule has 0 heterocycles. The first-order valence-corrected chi connectivity index (χ1v) is 5.51. The van der Waals surface area contributed by atoms with Gasteiger partial charge in [-0.05, 0) is 31.9 Å².